The zero-order valence-corrected chi connectivity index (χ0v) is 15.0. The molecule has 1 saturated carbocycles. The van der Waals surface area contributed by atoms with Crippen molar-refractivity contribution in [2.24, 2.45) is 29.1 Å². The minimum Gasteiger partial charge on any atom is -0.430 e. The molecule has 0 amide bonds. The SMILES string of the molecule is C=C1CC=C(OC(=O)[C@H]2[C@@H](/C=C(\Cl)C(F)(F)F)C2(C)C)C1C(C)C. The number of hydrogen-bond acceptors (Lipinski definition) is 2. The van der Waals surface area contributed by atoms with Gasteiger partial charge in [0.2, 0.25) is 0 Å². The van der Waals surface area contributed by atoms with Crippen molar-refractivity contribution in [1.82, 2.24) is 0 Å². The third-order valence-corrected chi connectivity index (χ3v) is 5.30. The van der Waals surface area contributed by atoms with Crippen molar-refractivity contribution >= 4 is 17.6 Å². The number of allylic oxidation sites excluding steroid dienone is 4. The van der Waals surface area contributed by atoms with Gasteiger partial charge in [-0.05, 0) is 29.7 Å². The van der Waals surface area contributed by atoms with Crippen LogP contribution in [0.15, 0.2) is 35.1 Å². The van der Waals surface area contributed by atoms with Crippen molar-refractivity contribution in [2.45, 2.75) is 40.3 Å². The van der Waals surface area contributed by atoms with Crippen molar-refractivity contribution in [3.8, 4) is 0 Å². The van der Waals surface area contributed by atoms with Crippen LogP contribution in [0.3, 0.4) is 0 Å². The van der Waals surface area contributed by atoms with E-state index in [0.29, 0.717) is 12.2 Å². The fourth-order valence-corrected chi connectivity index (χ4v) is 3.60. The summed E-state index contributed by atoms with van der Waals surface area (Å²) in [5.41, 5.74) is 0.380. The van der Waals surface area contributed by atoms with E-state index in [1.165, 1.54) is 0 Å². The second-order valence-electron chi connectivity index (χ2n) is 7.45. The lowest BCUT2D eigenvalue weighted by atomic mass is 9.91. The smallest absolute Gasteiger partial charge is 0.426 e. The highest BCUT2D eigenvalue weighted by atomic mass is 35.5. The predicted molar refractivity (Wildman–Crippen MR) is 87.0 cm³/mol. The maximum atomic E-state index is 12.6. The zero-order chi connectivity index (χ0) is 18.4. The summed E-state index contributed by atoms with van der Waals surface area (Å²) in [6.45, 7) is 11.5. The van der Waals surface area contributed by atoms with E-state index in [4.69, 9.17) is 16.3 Å². The molecule has 0 spiro atoms. The minimum atomic E-state index is -4.59. The van der Waals surface area contributed by atoms with Crippen molar-refractivity contribution in [2.75, 3.05) is 0 Å². The van der Waals surface area contributed by atoms with Gasteiger partial charge in [0.1, 0.15) is 10.8 Å². The molecule has 0 heterocycles. The van der Waals surface area contributed by atoms with Crippen LogP contribution in [0.25, 0.3) is 0 Å². The second kappa shape index (κ2) is 6.25. The molecule has 2 aliphatic carbocycles. The fraction of sp³-hybridized carbons (Fsp3) is 0.611. The first-order chi connectivity index (χ1) is 10.9. The maximum Gasteiger partial charge on any atom is 0.426 e. The number of hydrogen-bond donors (Lipinski definition) is 0. The van der Waals surface area contributed by atoms with Crippen LogP contribution in [0.1, 0.15) is 34.1 Å². The number of alkyl halides is 3. The highest BCUT2D eigenvalue weighted by Gasteiger charge is 2.62. The monoisotopic (exact) mass is 362 g/mol. The molecule has 1 fully saturated rings. The summed E-state index contributed by atoms with van der Waals surface area (Å²) in [5, 5.41) is -1.19. The molecule has 0 saturated heterocycles. The molecule has 1 unspecified atom stereocenters. The quantitative estimate of drug-likeness (QED) is 0.480. The maximum absolute atomic E-state index is 12.6. The van der Waals surface area contributed by atoms with Gasteiger partial charge in [0, 0.05) is 5.92 Å². The summed E-state index contributed by atoms with van der Waals surface area (Å²) in [4.78, 5) is 12.4. The van der Waals surface area contributed by atoms with Crippen LogP contribution in [-0.2, 0) is 9.53 Å². The Bertz CT molecular complexity index is 614. The first kappa shape index (κ1) is 19.1. The van der Waals surface area contributed by atoms with E-state index in [-0.39, 0.29) is 11.8 Å². The van der Waals surface area contributed by atoms with Crippen molar-refractivity contribution in [1.29, 1.82) is 0 Å². The molecule has 24 heavy (non-hydrogen) atoms. The molecule has 3 atom stereocenters. The van der Waals surface area contributed by atoms with Gasteiger partial charge in [-0.25, -0.2) is 0 Å². The second-order valence-corrected chi connectivity index (χ2v) is 7.86. The van der Waals surface area contributed by atoms with Gasteiger partial charge in [-0.1, -0.05) is 57.5 Å². The summed E-state index contributed by atoms with van der Waals surface area (Å²) in [6.07, 6.45) is -1.19. The predicted octanol–water partition coefficient (Wildman–Crippen LogP) is 5.60. The van der Waals surface area contributed by atoms with Gasteiger partial charge >= 0.3 is 12.1 Å². The molecule has 2 aliphatic rings. The molecule has 0 radical (unpaired) electrons. The van der Waals surface area contributed by atoms with Crippen LogP contribution < -0.4 is 0 Å². The minimum absolute atomic E-state index is 0.0245. The van der Waals surface area contributed by atoms with E-state index in [0.717, 1.165) is 11.6 Å². The zero-order valence-electron chi connectivity index (χ0n) is 14.2. The van der Waals surface area contributed by atoms with Crippen LogP contribution in [0, 0.1) is 29.1 Å². The van der Waals surface area contributed by atoms with E-state index in [1.54, 1.807) is 13.8 Å². The van der Waals surface area contributed by atoms with Gasteiger partial charge in [-0.2, -0.15) is 13.2 Å². The summed E-state index contributed by atoms with van der Waals surface area (Å²) >= 11 is 5.30. The molecule has 0 aromatic carbocycles. The van der Waals surface area contributed by atoms with E-state index in [9.17, 15) is 18.0 Å². The summed E-state index contributed by atoms with van der Waals surface area (Å²) in [5.74, 6) is -0.935. The number of halogens is 4. The standard InChI is InChI=1S/C18H22ClF3O2/c1-9(2)14-10(3)6-7-12(14)24-16(23)15-11(17(15,4)5)8-13(19)18(20,21)22/h7-9,11,14-15H,3,6H2,1-2,4-5H3/b13-8-/t11-,14?,15-/m1/s1. The average Bonchev–Trinajstić information content (AvgIpc) is 2.75. The Kier molecular flexibility index (Phi) is 4.97. The van der Waals surface area contributed by atoms with Gasteiger partial charge in [-0.3, -0.25) is 4.79 Å². The molecule has 0 aliphatic heterocycles. The Labute approximate surface area is 145 Å². The molecule has 0 aromatic rings. The Morgan fingerprint density at radius 1 is 1.46 bits per heavy atom. The lowest BCUT2D eigenvalue weighted by Crippen LogP contribution is -2.17. The molecule has 2 nitrogen and oxygen atoms in total. The number of ether oxygens (including phenoxy) is 1. The van der Waals surface area contributed by atoms with Crippen LogP contribution in [-0.4, -0.2) is 12.1 Å². The highest BCUT2D eigenvalue weighted by molar-refractivity contribution is 6.30. The number of esters is 1. The van der Waals surface area contributed by atoms with Crippen LogP contribution in [0.4, 0.5) is 13.2 Å². The fourth-order valence-electron chi connectivity index (χ4n) is 3.46. The molecule has 0 aromatic heterocycles. The Balaban J connectivity index is 2.10. The van der Waals surface area contributed by atoms with Crippen LogP contribution in [0.5, 0.6) is 0 Å². The van der Waals surface area contributed by atoms with Gasteiger partial charge in [0.15, 0.2) is 0 Å². The number of rotatable bonds is 4. The normalized spacial score (nSPS) is 29.7. The van der Waals surface area contributed by atoms with Crippen LogP contribution >= 0.6 is 11.6 Å². The van der Waals surface area contributed by atoms with E-state index in [1.807, 2.05) is 19.9 Å². The average molecular weight is 363 g/mol. The molecular weight excluding hydrogens is 341 g/mol. The van der Waals surface area contributed by atoms with Crippen LogP contribution in [0.2, 0.25) is 0 Å². The van der Waals surface area contributed by atoms with E-state index >= 15 is 0 Å². The topological polar surface area (TPSA) is 26.3 Å². The van der Waals surface area contributed by atoms with Gasteiger partial charge < -0.3 is 4.74 Å². The van der Waals surface area contributed by atoms with E-state index < -0.39 is 34.4 Å². The molecule has 134 valence electrons. The first-order valence-electron chi connectivity index (χ1n) is 7.91. The molecule has 6 heteroatoms. The number of carbonyl (C=O) groups is 1. The van der Waals surface area contributed by atoms with Gasteiger partial charge in [-0.15, -0.1) is 0 Å². The Hall–Kier alpha value is -1.23. The van der Waals surface area contributed by atoms with Gasteiger partial charge in [0.25, 0.3) is 0 Å². The van der Waals surface area contributed by atoms with Gasteiger partial charge in [0.05, 0.1) is 5.92 Å². The Morgan fingerprint density at radius 2 is 2.04 bits per heavy atom. The first-order valence-corrected chi connectivity index (χ1v) is 8.29. The molecular formula is C18H22ClF3O2. The molecule has 0 bridgehead atoms. The lowest BCUT2D eigenvalue weighted by Gasteiger charge is -2.20. The lowest BCUT2D eigenvalue weighted by molar-refractivity contribution is -0.142. The third-order valence-electron chi connectivity index (χ3n) is 4.96. The van der Waals surface area contributed by atoms with Crippen molar-refractivity contribution < 1.29 is 22.7 Å². The van der Waals surface area contributed by atoms with Crippen molar-refractivity contribution in [3.63, 3.8) is 0 Å². The van der Waals surface area contributed by atoms with Crippen molar-refractivity contribution in [3.05, 3.63) is 35.1 Å². The summed E-state index contributed by atoms with van der Waals surface area (Å²) < 4.78 is 43.3. The highest BCUT2D eigenvalue weighted by Crippen LogP contribution is 2.61. The molecule has 0 N–H and O–H groups in total. The third kappa shape index (κ3) is 3.56. The largest absolute Gasteiger partial charge is 0.430 e. The number of carbonyl (C=O) groups excluding carboxylic acids is 1. The van der Waals surface area contributed by atoms with E-state index in [2.05, 4.69) is 6.58 Å². The molecule has 2 rings (SSSR count). The summed E-state index contributed by atoms with van der Waals surface area (Å²) in [7, 11) is 0. The Morgan fingerprint density at radius 3 is 2.54 bits per heavy atom. The summed E-state index contributed by atoms with van der Waals surface area (Å²) in [6, 6.07) is 0.